The molecular weight excluding hydrogens is 210 g/mol. The highest BCUT2D eigenvalue weighted by molar-refractivity contribution is 7.80. The molecule has 0 heterocycles. The van der Waals surface area contributed by atoms with Crippen LogP contribution in [0.25, 0.3) is 0 Å². The molecule has 0 rings (SSSR count). The van der Waals surface area contributed by atoms with Crippen molar-refractivity contribution in [3.8, 4) is 0 Å². The second-order valence-electron chi connectivity index (χ2n) is 2.01. The van der Waals surface area contributed by atoms with Gasteiger partial charge in [-0.15, -0.1) is 13.2 Å². The Morgan fingerprint density at radius 1 is 1.27 bits per heavy atom. The zero-order valence-corrected chi connectivity index (χ0v) is 11.3. The van der Waals surface area contributed by atoms with Gasteiger partial charge in [-0.05, 0) is 13.8 Å². The summed E-state index contributed by atoms with van der Waals surface area (Å²) < 4.78 is 4.85. The molecule has 1 amide bonds. The molecule has 0 bridgehead atoms. The third kappa shape index (κ3) is 13.4. The molecule has 0 saturated carbocycles. The van der Waals surface area contributed by atoms with Crippen molar-refractivity contribution in [2.75, 3.05) is 25.4 Å². The Kier molecular flexibility index (Phi) is 25.2. The molecule has 0 aromatic heterocycles. The fourth-order valence-electron chi connectivity index (χ4n) is 0.706. The van der Waals surface area contributed by atoms with E-state index in [1.807, 2.05) is 27.7 Å². The van der Waals surface area contributed by atoms with Gasteiger partial charge < -0.3 is 9.64 Å². The third-order valence-corrected chi connectivity index (χ3v) is 1.52. The van der Waals surface area contributed by atoms with Crippen LogP contribution in [0, 0.1) is 0 Å². The molecule has 0 unspecified atom stereocenters. The number of ether oxygens (including phenoxy) is 1. The minimum atomic E-state index is -0.246. The molecule has 15 heavy (non-hydrogen) atoms. The van der Waals surface area contributed by atoms with Crippen LogP contribution in [0.3, 0.4) is 0 Å². The van der Waals surface area contributed by atoms with E-state index in [1.54, 1.807) is 4.90 Å². The van der Waals surface area contributed by atoms with Crippen molar-refractivity contribution in [2.24, 2.45) is 0 Å². The second-order valence-corrected chi connectivity index (χ2v) is 2.46. The summed E-state index contributed by atoms with van der Waals surface area (Å²) in [4.78, 5) is 12.7. The lowest BCUT2D eigenvalue weighted by Gasteiger charge is -2.17. The topological polar surface area (TPSA) is 29.5 Å². The van der Waals surface area contributed by atoms with E-state index >= 15 is 0 Å². The smallest absolute Gasteiger partial charge is 0.409 e. The van der Waals surface area contributed by atoms with Gasteiger partial charge in [-0.3, -0.25) is 0 Å². The second kappa shape index (κ2) is 19.0. The Hall–Kier alpha value is -0.640. The summed E-state index contributed by atoms with van der Waals surface area (Å²) in [5.74, 6) is 0.576. The molecule has 0 radical (unpaired) electrons. The van der Waals surface area contributed by atoms with Gasteiger partial charge in [0.2, 0.25) is 0 Å². The summed E-state index contributed by atoms with van der Waals surface area (Å²) in [6.07, 6.45) is -0.246. The largest absolute Gasteiger partial charge is 0.449 e. The zero-order valence-electron chi connectivity index (χ0n) is 10.5. The lowest BCUT2D eigenvalue weighted by atomic mass is 10.5. The molecule has 4 heteroatoms. The predicted octanol–water partition coefficient (Wildman–Crippen LogP) is 3.22. The molecule has 0 aromatic carbocycles. The molecule has 0 aliphatic carbocycles. The number of carbonyl (C=O) groups is 1. The Morgan fingerprint density at radius 3 is 1.93 bits per heavy atom. The molecule has 0 saturated heterocycles. The first-order chi connectivity index (χ1) is 7.26. The van der Waals surface area contributed by atoms with Crippen molar-refractivity contribution in [2.45, 2.75) is 27.7 Å². The van der Waals surface area contributed by atoms with Crippen LogP contribution < -0.4 is 0 Å². The molecule has 0 N–H and O–H groups in total. The van der Waals surface area contributed by atoms with E-state index in [0.717, 1.165) is 0 Å². The van der Waals surface area contributed by atoms with Gasteiger partial charge in [-0.1, -0.05) is 13.8 Å². The van der Waals surface area contributed by atoms with Crippen molar-refractivity contribution in [3.63, 3.8) is 0 Å². The first-order valence-electron chi connectivity index (χ1n) is 5.28. The maximum atomic E-state index is 11.0. The van der Waals surface area contributed by atoms with E-state index in [9.17, 15) is 4.79 Å². The van der Waals surface area contributed by atoms with E-state index in [-0.39, 0.29) is 6.09 Å². The molecule has 0 atom stereocenters. The summed E-state index contributed by atoms with van der Waals surface area (Å²) in [7, 11) is 0. The Balaban J connectivity index is -0.000000318. The van der Waals surface area contributed by atoms with Crippen LogP contribution in [0.2, 0.25) is 0 Å². The highest BCUT2D eigenvalue weighted by atomic mass is 32.1. The zero-order chi connectivity index (χ0) is 12.7. The SMILES string of the molecule is C=C.CC.CCN(CC)C(=O)OCCS. The van der Waals surface area contributed by atoms with Crippen molar-refractivity contribution in [3.05, 3.63) is 13.2 Å². The summed E-state index contributed by atoms with van der Waals surface area (Å²) in [6.45, 7) is 15.6. The molecular formula is C11H25NO2S. The molecule has 0 aromatic rings. The molecule has 3 nitrogen and oxygen atoms in total. The fraction of sp³-hybridized carbons (Fsp3) is 0.727. The summed E-state index contributed by atoms with van der Waals surface area (Å²) >= 11 is 3.93. The standard InChI is InChI=1S/C7H15NO2S.C2H6.C2H4/c1-3-8(4-2)7(9)10-5-6-11;2*1-2/h11H,3-6H2,1-2H3;1-2H3;1-2H2. The number of amides is 1. The van der Waals surface area contributed by atoms with E-state index in [2.05, 4.69) is 25.8 Å². The van der Waals surface area contributed by atoms with Crippen LogP contribution in [-0.2, 0) is 4.74 Å². The van der Waals surface area contributed by atoms with Gasteiger partial charge in [0.25, 0.3) is 0 Å². The minimum absolute atomic E-state index is 0.246. The summed E-state index contributed by atoms with van der Waals surface area (Å²) in [5.41, 5.74) is 0. The van der Waals surface area contributed by atoms with Crippen molar-refractivity contribution in [1.82, 2.24) is 4.90 Å². The van der Waals surface area contributed by atoms with E-state index < -0.39 is 0 Å². The maximum Gasteiger partial charge on any atom is 0.409 e. The first-order valence-corrected chi connectivity index (χ1v) is 5.92. The van der Waals surface area contributed by atoms with Gasteiger partial charge in [0.05, 0.1) is 0 Å². The normalized spacial score (nSPS) is 7.53. The van der Waals surface area contributed by atoms with Crippen LogP contribution in [0.4, 0.5) is 4.79 Å². The van der Waals surface area contributed by atoms with E-state index in [4.69, 9.17) is 4.74 Å². The Labute approximate surface area is 99.9 Å². The number of thiol groups is 1. The number of hydrogen-bond donors (Lipinski definition) is 1. The van der Waals surface area contributed by atoms with Crippen LogP contribution in [0.5, 0.6) is 0 Å². The molecule has 0 aliphatic rings. The highest BCUT2D eigenvalue weighted by Crippen LogP contribution is 1.92. The van der Waals surface area contributed by atoms with Gasteiger partial charge in [-0.2, -0.15) is 12.6 Å². The monoisotopic (exact) mass is 235 g/mol. The van der Waals surface area contributed by atoms with Crippen LogP contribution >= 0.6 is 12.6 Å². The van der Waals surface area contributed by atoms with Gasteiger partial charge in [0, 0.05) is 18.8 Å². The van der Waals surface area contributed by atoms with Crippen molar-refractivity contribution >= 4 is 18.7 Å². The van der Waals surface area contributed by atoms with E-state index in [0.29, 0.717) is 25.4 Å². The first kappa shape index (κ1) is 19.9. The van der Waals surface area contributed by atoms with Crippen LogP contribution in [-0.4, -0.2) is 36.4 Å². The van der Waals surface area contributed by atoms with Crippen LogP contribution in [0.1, 0.15) is 27.7 Å². The van der Waals surface area contributed by atoms with Gasteiger partial charge in [0.15, 0.2) is 0 Å². The number of hydrogen-bond acceptors (Lipinski definition) is 3. The average molecular weight is 235 g/mol. The fourth-order valence-corrected chi connectivity index (χ4v) is 0.797. The van der Waals surface area contributed by atoms with Crippen molar-refractivity contribution < 1.29 is 9.53 Å². The van der Waals surface area contributed by atoms with Gasteiger partial charge in [0.1, 0.15) is 6.61 Å². The number of nitrogens with zero attached hydrogens (tertiary/aromatic N) is 1. The number of rotatable bonds is 4. The quantitative estimate of drug-likeness (QED) is 0.599. The molecule has 0 fully saturated rings. The van der Waals surface area contributed by atoms with Crippen molar-refractivity contribution in [1.29, 1.82) is 0 Å². The number of carbonyl (C=O) groups excluding carboxylic acids is 1. The lowest BCUT2D eigenvalue weighted by Crippen LogP contribution is -2.31. The van der Waals surface area contributed by atoms with Gasteiger partial charge in [-0.25, -0.2) is 4.79 Å². The third-order valence-electron chi connectivity index (χ3n) is 1.34. The van der Waals surface area contributed by atoms with Gasteiger partial charge >= 0.3 is 6.09 Å². The minimum Gasteiger partial charge on any atom is -0.449 e. The summed E-state index contributed by atoms with van der Waals surface area (Å²) in [5, 5.41) is 0. The average Bonchev–Trinajstić information content (AvgIpc) is 2.33. The Morgan fingerprint density at radius 2 is 1.67 bits per heavy atom. The maximum absolute atomic E-state index is 11.0. The molecule has 92 valence electrons. The molecule has 0 spiro atoms. The van der Waals surface area contributed by atoms with Crippen LogP contribution in [0.15, 0.2) is 13.2 Å². The van der Waals surface area contributed by atoms with E-state index in [1.165, 1.54) is 0 Å². The highest BCUT2D eigenvalue weighted by Gasteiger charge is 2.08. The summed E-state index contributed by atoms with van der Waals surface area (Å²) in [6, 6.07) is 0. The lowest BCUT2D eigenvalue weighted by molar-refractivity contribution is 0.112. The predicted molar refractivity (Wildman–Crippen MR) is 70.7 cm³/mol. The Bertz CT molecular complexity index is 128. The molecule has 0 aliphatic heterocycles.